The molecule has 0 aromatic heterocycles. The summed E-state index contributed by atoms with van der Waals surface area (Å²) in [4.78, 5) is 0. The van der Waals surface area contributed by atoms with E-state index < -0.39 is 8.80 Å². The highest BCUT2D eigenvalue weighted by atomic mass is 35.5. The number of halogens is 1. The third kappa shape index (κ3) is 14.5. The molecule has 0 heterocycles. The molecule has 0 spiro atoms. The molecule has 0 radical (unpaired) electrons. The third-order valence-corrected chi connectivity index (χ3v) is 9.46. The zero-order valence-electron chi connectivity index (χ0n) is 22.5. The van der Waals surface area contributed by atoms with Gasteiger partial charge in [0.2, 0.25) is 0 Å². The number of quaternary nitrogens is 1. The quantitative estimate of drug-likeness (QED) is 0.153. The monoisotopic (exact) mass is 501 g/mol. The highest BCUT2D eigenvalue weighted by molar-refractivity contribution is 6.60. The van der Waals surface area contributed by atoms with Gasteiger partial charge in [-0.1, -0.05) is 82.6 Å². The first kappa shape index (κ1) is 32.6. The number of unbranched alkanes of at least 4 members (excludes halogenated alkanes) is 9. The summed E-state index contributed by atoms with van der Waals surface area (Å²) in [6.45, 7) is 4.65. The molecule has 4 nitrogen and oxygen atoms in total. The summed E-state index contributed by atoms with van der Waals surface area (Å²) in [5.41, 5.74) is 2.81. The molecule has 0 unspecified atom stereocenters. The van der Waals surface area contributed by atoms with Crippen molar-refractivity contribution in [1.82, 2.24) is 0 Å². The van der Waals surface area contributed by atoms with Crippen LogP contribution in [-0.2, 0) is 26.2 Å². The SMILES string of the molecule is CCCCCCCCCCCC[N+](C)(C)Cc1ccc(CCC[Si](OC)(OC)OC)cc1.[Cl-]. The molecule has 6 heteroatoms. The van der Waals surface area contributed by atoms with Crippen LogP contribution in [-0.4, -0.2) is 55.3 Å². The Balaban J connectivity index is 0.0000102. The Morgan fingerprint density at radius 2 is 1.12 bits per heavy atom. The number of rotatable bonds is 20. The summed E-state index contributed by atoms with van der Waals surface area (Å²) in [6.07, 6.45) is 16.1. The van der Waals surface area contributed by atoms with Crippen molar-refractivity contribution < 1.29 is 30.2 Å². The lowest BCUT2D eigenvalue weighted by Gasteiger charge is -2.30. The van der Waals surface area contributed by atoms with Gasteiger partial charge in [0.05, 0.1) is 20.6 Å². The second-order valence-corrected chi connectivity index (χ2v) is 13.1. The fourth-order valence-corrected chi connectivity index (χ4v) is 6.20. The van der Waals surface area contributed by atoms with Crippen LogP contribution in [0.25, 0.3) is 0 Å². The van der Waals surface area contributed by atoms with Crippen molar-refractivity contribution in [2.45, 2.75) is 96.6 Å². The first-order chi connectivity index (χ1) is 15.4. The van der Waals surface area contributed by atoms with Crippen LogP contribution in [0.3, 0.4) is 0 Å². The van der Waals surface area contributed by atoms with E-state index in [1.54, 1.807) is 21.3 Å². The summed E-state index contributed by atoms with van der Waals surface area (Å²) >= 11 is 0. The van der Waals surface area contributed by atoms with Crippen molar-refractivity contribution in [3.63, 3.8) is 0 Å². The van der Waals surface area contributed by atoms with Crippen molar-refractivity contribution in [3.05, 3.63) is 35.4 Å². The van der Waals surface area contributed by atoms with Gasteiger partial charge in [0.1, 0.15) is 6.54 Å². The van der Waals surface area contributed by atoms with Gasteiger partial charge in [-0.05, 0) is 31.2 Å². The molecule has 0 bridgehead atoms. The van der Waals surface area contributed by atoms with Gasteiger partial charge in [0.15, 0.2) is 0 Å². The molecular formula is C27H52ClNO3Si. The van der Waals surface area contributed by atoms with Crippen LogP contribution in [0.1, 0.15) is 88.7 Å². The third-order valence-electron chi connectivity index (χ3n) is 6.63. The van der Waals surface area contributed by atoms with Crippen LogP contribution in [0.15, 0.2) is 24.3 Å². The van der Waals surface area contributed by atoms with E-state index in [2.05, 4.69) is 45.3 Å². The zero-order chi connectivity index (χ0) is 23.7. The van der Waals surface area contributed by atoms with E-state index in [9.17, 15) is 0 Å². The number of hydrogen-bond donors (Lipinski definition) is 0. The first-order valence-corrected chi connectivity index (χ1v) is 14.9. The van der Waals surface area contributed by atoms with E-state index in [1.165, 1.54) is 81.9 Å². The molecule has 0 atom stereocenters. The van der Waals surface area contributed by atoms with E-state index in [1.807, 2.05) is 0 Å². The molecule has 1 rings (SSSR count). The van der Waals surface area contributed by atoms with E-state index in [-0.39, 0.29) is 12.4 Å². The van der Waals surface area contributed by atoms with Crippen LogP contribution in [0.2, 0.25) is 6.04 Å². The van der Waals surface area contributed by atoms with Crippen molar-refractivity contribution >= 4 is 8.80 Å². The molecule has 0 saturated heterocycles. The lowest BCUT2D eigenvalue weighted by atomic mass is 10.1. The number of aryl methyl sites for hydroxylation is 1. The van der Waals surface area contributed by atoms with Gasteiger partial charge in [0, 0.05) is 32.9 Å². The lowest BCUT2D eigenvalue weighted by molar-refractivity contribution is -0.903. The second-order valence-electron chi connectivity index (χ2n) is 9.96. The van der Waals surface area contributed by atoms with Crippen molar-refractivity contribution in [2.75, 3.05) is 42.0 Å². The topological polar surface area (TPSA) is 27.7 Å². The summed E-state index contributed by atoms with van der Waals surface area (Å²) < 4.78 is 17.6. The molecule has 0 aliphatic rings. The summed E-state index contributed by atoms with van der Waals surface area (Å²) in [5.74, 6) is 0. The molecule has 0 aliphatic heterocycles. The minimum Gasteiger partial charge on any atom is -1.00 e. The maximum absolute atomic E-state index is 5.52. The van der Waals surface area contributed by atoms with Gasteiger partial charge in [-0.3, -0.25) is 0 Å². The van der Waals surface area contributed by atoms with Gasteiger partial charge in [-0.2, -0.15) is 0 Å². The molecule has 0 fully saturated rings. The van der Waals surface area contributed by atoms with Gasteiger partial charge >= 0.3 is 8.80 Å². The summed E-state index contributed by atoms with van der Waals surface area (Å²) in [5, 5.41) is 0. The maximum atomic E-state index is 5.52. The van der Waals surface area contributed by atoms with Gasteiger partial charge in [-0.25, -0.2) is 0 Å². The fraction of sp³-hybridized carbons (Fsp3) is 0.778. The fourth-order valence-electron chi connectivity index (χ4n) is 4.48. The first-order valence-electron chi connectivity index (χ1n) is 13.0. The predicted octanol–water partition coefficient (Wildman–Crippen LogP) is 4.00. The molecule has 0 saturated carbocycles. The maximum Gasteiger partial charge on any atom is 0.500 e. The second kappa shape index (κ2) is 18.8. The number of hydrogen-bond acceptors (Lipinski definition) is 3. The predicted molar refractivity (Wildman–Crippen MR) is 139 cm³/mol. The van der Waals surface area contributed by atoms with Gasteiger partial charge in [0.25, 0.3) is 0 Å². The Morgan fingerprint density at radius 3 is 1.61 bits per heavy atom. The molecule has 33 heavy (non-hydrogen) atoms. The normalized spacial score (nSPS) is 12.1. The Hall–Kier alpha value is -0.433. The highest BCUT2D eigenvalue weighted by Crippen LogP contribution is 2.19. The van der Waals surface area contributed by atoms with Crippen molar-refractivity contribution in [2.24, 2.45) is 0 Å². The standard InChI is InChI=1S/C27H52NO3Si.ClH/c1-7-8-9-10-11-12-13-14-15-16-23-28(2,3)25-27-21-19-26(20-22-27)18-17-24-32(29-4,30-5)31-6;/h19-22H,7-18,23-25H2,1-6H3;1H/q+1;/p-1. The molecular weight excluding hydrogens is 450 g/mol. The minimum atomic E-state index is -2.45. The summed E-state index contributed by atoms with van der Waals surface area (Å²) in [6, 6.07) is 10.0. The smallest absolute Gasteiger partial charge is 0.500 e. The van der Waals surface area contributed by atoms with Crippen LogP contribution in [0, 0.1) is 0 Å². The number of benzene rings is 1. The average Bonchev–Trinajstić information content (AvgIpc) is 2.79. The Bertz CT molecular complexity index is 571. The zero-order valence-corrected chi connectivity index (χ0v) is 24.2. The molecule has 1 aromatic rings. The van der Waals surface area contributed by atoms with Crippen LogP contribution < -0.4 is 12.4 Å². The van der Waals surface area contributed by atoms with Crippen LogP contribution in [0.5, 0.6) is 0 Å². The van der Waals surface area contributed by atoms with Crippen molar-refractivity contribution in [1.29, 1.82) is 0 Å². The molecule has 0 aliphatic carbocycles. The minimum absolute atomic E-state index is 0. The molecule has 0 N–H and O–H groups in total. The summed E-state index contributed by atoms with van der Waals surface area (Å²) in [7, 11) is 7.34. The van der Waals surface area contributed by atoms with E-state index in [4.69, 9.17) is 13.3 Å². The Kier molecular flexibility index (Phi) is 18.6. The van der Waals surface area contributed by atoms with E-state index >= 15 is 0 Å². The molecule has 194 valence electrons. The average molecular weight is 502 g/mol. The Morgan fingerprint density at radius 1 is 0.667 bits per heavy atom. The highest BCUT2D eigenvalue weighted by Gasteiger charge is 2.36. The van der Waals surface area contributed by atoms with Gasteiger partial charge in [-0.15, -0.1) is 0 Å². The lowest BCUT2D eigenvalue weighted by Crippen LogP contribution is -3.00. The molecule has 0 amide bonds. The van der Waals surface area contributed by atoms with Gasteiger partial charge < -0.3 is 30.2 Å². The van der Waals surface area contributed by atoms with Crippen LogP contribution >= 0.6 is 0 Å². The van der Waals surface area contributed by atoms with E-state index in [0.29, 0.717) is 0 Å². The Labute approximate surface area is 212 Å². The largest absolute Gasteiger partial charge is 1.00 e. The molecule has 1 aromatic carbocycles. The van der Waals surface area contributed by atoms with E-state index in [0.717, 1.165) is 29.9 Å². The van der Waals surface area contributed by atoms with Crippen LogP contribution in [0.4, 0.5) is 0 Å². The van der Waals surface area contributed by atoms with Crippen molar-refractivity contribution in [3.8, 4) is 0 Å². The number of nitrogens with zero attached hydrogens (tertiary/aromatic N) is 1.